The Morgan fingerprint density at radius 1 is 1.19 bits per heavy atom. The predicted octanol–water partition coefficient (Wildman–Crippen LogP) is 5.01. The van der Waals surface area contributed by atoms with Gasteiger partial charge in [-0.25, -0.2) is 4.98 Å². The van der Waals surface area contributed by atoms with Gasteiger partial charge in [-0.2, -0.15) is 0 Å². The van der Waals surface area contributed by atoms with Crippen molar-refractivity contribution >= 4 is 45.8 Å². The molecular weight excluding hydrogens is 422 g/mol. The Morgan fingerprint density at radius 3 is 2.43 bits per heavy atom. The summed E-state index contributed by atoms with van der Waals surface area (Å²) in [5.41, 5.74) is 1.34. The Labute approximate surface area is 146 Å². The second-order valence-corrected chi connectivity index (χ2v) is 7.08. The highest BCUT2D eigenvalue weighted by Crippen LogP contribution is 2.37. The van der Waals surface area contributed by atoms with Crippen molar-refractivity contribution in [3.05, 3.63) is 47.9 Å². The van der Waals surface area contributed by atoms with Gasteiger partial charge < -0.3 is 4.98 Å². The second-order valence-electron chi connectivity index (χ2n) is 5.19. The van der Waals surface area contributed by atoms with Gasteiger partial charge in [0.2, 0.25) is 0 Å². The topological polar surface area (TPSA) is 45.8 Å². The molecule has 1 aliphatic carbocycles. The highest BCUT2D eigenvalue weighted by atomic mass is 127. The zero-order chi connectivity index (χ0) is 15.0. The maximum Gasteiger partial charge on any atom is 0.264 e. The minimum Gasteiger partial charge on any atom is -0.306 e. The first-order chi connectivity index (χ1) is 10.1. The van der Waals surface area contributed by atoms with Gasteiger partial charge in [0.25, 0.3) is 5.56 Å². The minimum atomic E-state index is -0.126. The minimum absolute atomic E-state index is 0.126. The first-order valence-electron chi connectivity index (χ1n) is 6.82. The lowest BCUT2D eigenvalue weighted by atomic mass is 10.0. The maximum atomic E-state index is 12.2. The van der Waals surface area contributed by atoms with Crippen molar-refractivity contribution in [1.29, 1.82) is 0 Å². The van der Waals surface area contributed by atoms with E-state index in [1.165, 1.54) is 12.8 Å². The van der Waals surface area contributed by atoms with Crippen LogP contribution in [0.15, 0.2) is 23.0 Å². The van der Waals surface area contributed by atoms with E-state index in [-0.39, 0.29) is 5.56 Å². The van der Waals surface area contributed by atoms with Crippen LogP contribution < -0.4 is 5.56 Å². The van der Waals surface area contributed by atoms with E-state index in [9.17, 15) is 4.79 Å². The molecule has 21 heavy (non-hydrogen) atoms. The number of hydrogen-bond donors (Lipinski definition) is 1. The summed E-state index contributed by atoms with van der Waals surface area (Å²) in [6.45, 7) is 0. The molecule has 0 amide bonds. The number of aromatic nitrogens is 2. The number of benzene rings is 1. The molecule has 0 saturated heterocycles. The zero-order valence-corrected chi connectivity index (χ0v) is 14.8. The lowest BCUT2D eigenvalue weighted by Gasteiger charge is -2.13. The fourth-order valence-electron chi connectivity index (χ4n) is 2.79. The van der Waals surface area contributed by atoms with Gasteiger partial charge in [0.05, 0.1) is 24.9 Å². The zero-order valence-electron chi connectivity index (χ0n) is 11.1. The standard InChI is InChI=1S/C15H13Cl2IN2O/c16-9-6-3-7-10(17)11(9)14-19-13(8-4-1-2-5-8)12(18)15(21)20-14/h3,6-8H,1-2,4-5H2,(H,19,20,21). The molecule has 0 spiro atoms. The van der Waals surface area contributed by atoms with Crippen LogP contribution in [0.5, 0.6) is 0 Å². The molecule has 0 bridgehead atoms. The molecule has 6 heteroatoms. The van der Waals surface area contributed by atoms with Gasteiger partial charge in [0.15, 0.2) is 0 Å². The molecule has 1 aromatic carbocycles. The first-order valence-corrected chi connectivity index (χ1v) is 8.65. The van der Waals surface area contributed by atoms with E-state index in [0.717, 1.165) is 18.5 Å². The van der Waals surface area contributed by atoms with E-state index in [0.29, 0.717) is 30.9 Å². The van der Waals surface area contributed by atoms with Gasteiger partial charge >= 0.3 is 0 Å². The van der Waals surface area contributed by atoms with Crippen molar-refractivity contribution in [1.82, 2.24) is 9.97 Å². The summed E-state index contributed by atoms with van der Waals surface area (Å²) in [5.74, 6) is 0.817. The normalized spacial score (nSPS) is 15.6. The summed E-state index contributed by atoms with van der Waals surface area (Å²) in [4.78, 5) is 19.7. The van der Waals surface area contributed by atoms with E-state index < -0.39 is 0 Å². The SMILES string of the molecule is O=c1[nH]c(-c2c(Cl)cccc2Cl)nc(C2CCCC2)c1I. The van der Waals surface area contributed by atoms with Crippen LogP contribution >= 0.6 is 45.8 Å². The van der Waals surface area contributed by atoms with Crippen LogP contribution in [0.3, 0.4) is 0 Å². The van der Waals surface area contributed by atoms with Crippen molar-refractivity contribution in [3.8, 4) is 11.4 Å². The molecule has 0 aliphatic heterocycles. The average molecular weight is 435 g/mol. The molecule has 110 valence electrons. The summed E-state index contributed by atoms with van der Waals surface area (Å²) in [6.07, 6.45) is 4.55. The van der Waals surface area contributed by atoms with Gasteiger partial charge in [0, 0.05) is 5.92 Å². The van der Waals surface area contributed by atoms with Crippen molar-refractivity contribution in [2.45, 2.75) is 31.6 Å². The van der Waals surface area contributed by atoms with Crippen LogP contribution in [0.2, 0.25) is 10.0 Å². The number of nitrogens with zero attached hydrogens (tertiary/aromatic N) is 1. The Morgan fingerprint density at radius 2 is 1.81 bits per heavy atom. The van der Waals surface area contributed by atoms with Crippen LogP contribution in [0.25, 0.3) is 11.4 Å². The molecule has 0 radical (unpaired) electrons. The first kappa shape index (κ1) is 15.3. The van der Waals surface area contributed by atoms with Crippen LogP contribution in [0, 0.1) is 3.57 Å². The molecule has 1 fully saturated rings. The molecule has 3 rings (SSSR count). The van der Waals surface area contributed by atoms with E-state index in [4.69, 9.17) is 23.2 Å². The fraction of sp³-hybridized carbons (Fsp3) is 0.333. The second kappa shape index (κ2) is 6.26. The van der Waals surface area contributed by atoms with Crippen LogP contribution in [0.1, 0.15) is 37.3 Å². The number of rotatable bonds is 2. The number of H-pyrrole nitrogens is 1. The molecule has 1 heterocycles. The van der Waals surface area contributed by atoms with Crippen LogP contribution in [-0.4, -0.2) is 9.97 Å². The third-order valence-electron chi connectivity index (χ3n) is 3.83. The number of nitrogens with one attached hydrogen (secondary N) is 1. The van der Waals surface area contributed by atoms with Gasteiger partial charge in [-0.05, 0) is 47.6 Å². The van der Waals surface area contributed by atoms with Crippen molar-refractivity contribution in [3.63, 3.8) is 0 Å². The van der Waals surface area contributed by atoms with Gasteiger partial charge in [-0.1, -0.05) is 42.1 Å². The summed E-state index contributed by atoms with van der Waals surface area (Å²) in [6, 6.07) is 5.27. The number of aromatic amines is 1. The Bertz CT molecular complexity index is 719. The number of hydrogen-bond acceptors (Lipinski definition) is 2. The van der Waals surface area contributed by atoms with Crippen molar-refractivity contribution in [2.24, 2.45) is 0 Å². The number of halogens is 3. The van der Waals surface area contributed by atoms with E-state index in [1.807, 2.05) is 0 Å². The van der Waals surface area contributed by atoms with Crippen LogP contribution in [-0.2, 0) is 0 Å². The van der Waals surface area contributed by atoms with Crippen LogP contribution in [0.4, 0.5) is 0 Å². The third kappa shape index (κ3) is 2.98. The van der Waals surface area contributed by atoms with E-state index in [1.54, 1.807) is 18.2 Å². The predicted molar refractivity (Wildman–Crippen MR) is 94.2 cm³/mol. The molecule has 1 aromatic heterocycles. The highest BCUT2D eigenvalue weighted by molar-refractivity contribution is 14.1. The Balaban J connectivity index is 2.18. The molecule has 1 N–H and O–H groups in total. The Hall–Kier alpha value is -0.590. The molecule has 0 atom stereocenters. The van der Waals surface area contributed by atoms with Crippen molar-refractivity contribution in [2.75, 3.05) is 0 Å². The fourth-order valence-corrected chi connectivity index (χ4v) is 4.06. The van der Waals surface area contributed by atoms with E-state index >= 15 is 0 Å². The monoisotopic (exact) mass is 434 g/mol. The lowest BCUT2D eigenvalue weighted by Crippen LogP contribution is -2.18. The summed E-state index contributed by atoms with van der Waals surface area (Å²) < 4.78 is 0.673. The molecular formula is C15H13Cl2IN2O. The van der Waals surface area contributed by atoms with E-state index in [2.05, 4.69) is 32.6 Å². The largest absolute Gasteiger partial charge is 0.306 e. The maximum absolute atomic E-state index is 12.2. The summed E-state index contributed by atoms with van der Waals surface area (Å²) in [5, 5.41) is 0.980. The molecule has 1 saturated carbocycles. The molecule has 3 nitrogen and oxygen atoms in total. The van der Waals surface area contributed by atoms with Gasteiger partial charge in [-0.3, -0.25) is 4.79 Å². The highest BCUT2D eigenvalue weighted by Gasteiger charge is 2.24. The summed E-state index contributed by atoms with van der Waals surface area (Å²) >= 11 is 14.5. The molecule has 0 unspecified atom stereocenters. The molecule has 2 aromatic rings. The lowest BCUT2D eigenvalue weighted by molar-refractivity contribution is 0.687. The third-order valence-corrected chi connectivity index (χ3v) is 5.50. The van der Waals surface area contributed by atoms with Gasteiger partial charge in [-0.15, -0.1) is 0 Å². The van der Waals surface area contributed by atoms with Gasteiger partial charge in [0.1, 0.15) is 5.82 Å². The quantitative estimate of drug-likeness (QED) is 0.675. The smallest absolute Gasteiger partial charge is 0.264 e. The Kier molecular flexibility index (Phi) is 4.57. The van der Waals surface area contributed by atoms with Crippen molar-refractivity contribution < 1.29 is 0 Å². The average Bonchev–Trinajstić information content (AvgIpc) is 2.96. The summed E-state index contributed by atoms with van der Waals surface area (Å²) in [7, 11) is 0. The molecule has 1 aliphatic rings.